The smallest absolute Gasteiger partial charge is 0.343 e. The average Bonchev–Trinajstić information content (AvgIpc) is 3.30. The molecule has 6 rings (SSSR count). The first-order valence-corrected chi connectivity index (χ1v) is 11.2. The quantitative estimate of drug-likeness (QED) is 0.353. The molecule has 1 atom stereocenters. The molecular weight excluding hydrogens is 492 g/mol. The van der Waals surface area contributed by atoms with Crippen LogP contribution < -0.4 is 17.1 Å². The molecule has 0 radical (unpaired) electrons. The summed E-state index contributed by atoms with van der Waals surface area (Å²) in [6.07, 6.45) is 2.91. The van der Waals surface area contributed by atoms with Crippen molar-refractivity contribution in [1.29, 1.82) is 0 Å². The van der Waals surface area contributed by atoms with Crippen molar-refractivity contribution in [3.63, 3.8) is 0 Å². The summed E-state index contributed by atoms with van der Waals surface area (Å²) in [6, 6.07) is 18.3. The Balaban J connectivity index is 0.00000280. The van der Waals surface area contributed by atoms with Crippen LogP contribution in [-0.4, -0.2) is 29.7 Å². The van der Waals surface area contributed by atoms with Gasteiger partial charge in [-0.3, -0.25) is 0 Å². The average molecular weight is 513 g/mol. The van der Waals surface area contributed by atoms with E-state index in [4.69, 9.17) is 21.0 Å². The van der Waals surface area contributed by atoms with Crippen molar-refractivity contribution in [2.75, 3.05) is 11.5 Å². The molecule has 0 aliphatic rings. The molecule has 4 heterocycles. The summed E-state index contributed by atoms with van der Waals surface area (Å²) in [5, 5.41) is 6.62. The number of hydrogen-bond donors (Lipinski definition) is 2. The van der Waals surface area contributed by atoms with Crippen LogP contribution in [0.15, 0.2) is 82.4 Å². The number of nitrogens with two attached hydrogens (primary N) is 2. The van der Waals surface area contributed by atoms with E-state index in [0.717, 1.165) is 16.5 Å². The summed E-state index contributed by atoms with van der Waals surface area (Å²) in [5.41, 5.74) is 14.8. The van der Waals surface area contributed by atoms with Crippen molar-refractivity contribution >= 4 is 46.0 Å². The molecule has 0 aliphatic carbocycles. The lowest BCUT2D eigenvalue weighted by Crippen LogP contribution is -2.14. The third kappa shape index (κ3) is 3.93. The molecule has 0 amide bonds. The topological polar surface area (TPSA) is 152 Å². The van der Waals surface area contributed by atoms with E-state index in [-0.39, 0.29) is 24.2 Å². The molecule has 184 valence electrons. The van der Waals surface area contributed by atoms with Gasteiger partial charge in [0.05, 0.1) is 16.5 Å². The molecule has 0 bridgehead atoms. The van der Waals surface area contributed by atoms with E-state index in [2.05, 4.69) is 19.9 Å². The molecule has 1 unspecified atom stereocenters. The van der Waals surface area contributed by atoms with E-state index in [1.807, 2.05) is 55.5 Å². The zero-order valence-corrected chi connectivity index (χ0v) is 20.4. The van der Waals surface area contributed by atoms with Crippen molar-refractivity contribution in [1.82, 2.24) is 29.7 Å². The third-order valence-electron chi connectivity index (χ3n) is 6.11. The highest BCUT2D eigenvalue weighted by Crippen LogP contribution is 2.37. The Morgan fingerprint density at radius 1 is 0.919 bits per heavy atom. The molecular formula is C26H21ClN8O2. The predicted molar refractivity (Wildman–Crippen MR) is 144 cm³/mol. The van der Waals surface area contributed by atoms with Crippen molar-refractivity contribution in [2.45, 2.75) is 13.0 Å². The number of fused-ring (bicyclic) bond motifs is 2. The summed E-state index contributed by atoms with van der Waals surface area (Å²) in [6.45, 7) is 1.89. The van der Waals surface area contributed by atoms with Gasteiger partial charge in [-0.2, -0.15) is 5.10 Å². The van der Waals surface area contributed by atoms with Gasteiger partial charge in [0.2, 0.25) is 5.95 Å². The van der Waals surface area contributed by atoms with E-state index in [9.17, 15) is 4.79 Å². The van der Waals surface area contributed by atoms with Crippen molar-refractivity contribution in [3.05, 3.63) is 89.4 Å². The van der Waals surface area contributed by atoms with Crippen LogP contribution in [0.3, 0.4) is 0 Å². The van der Waals surface area contributed by atoms with Crippen LogP contribution in [0.25, 0.3) is 44.3 Å². The minimum absolute atomic E-state index is 0. The van der Waals surface area contributed by atoms with Gasteiger partial charge in [0, 0.05) is 17.1 Å². The molecule has 0 saturated carbocycles. The van der Waals surface area contributed by atoms with Crippen LogP contribution in [0.1, 0.15) is 18.7 Å². The van der Waals surface area contributed by atoms with E-state index in [1.165, 1.54) is 6.33 Å². The predicted octanol–water partition coefficient (Wildman–Crippen LogP) is 4.25. The zero-order chi connectivity index (χ0) is 24.8. The fraction of sp³-hybridized carbons (Fsp3) is 0.0769. The van der Waals surface area contributed by atoms with Gasteiger partial charge in [0.1, 0.15) is 29.6 Å². The maximum Gasteiger partial charge on any atom is 0.343 e. The minimum atomic E-state index is -0.540. The lowest BCUT2D eigenvalue weighted by atomic mass is 9.96. The number of hydrogen-bond acceptors (Lipinski definition) is 9. The molecule has 37 heavy (non-hydrogen) atoms. The molecule has 0 saturated heterocycles. The summed E-state index contributed by atoms with van der Waals surface area (Å²) in [4.78, 5) is 29.9. The number of anilines is 2. The Bertz CT molecular complexity index is 1820. The van der Waals surface area contributed by atoms with Crippen LogP contribution in [0, 0.1) is 0 Å². The summed E-state index contributed by atoms with van der Waals surface area (Å²) in [5.74, 6) is 0.791. The first kappa shape index (κ1) is 23.9. The maximum absolute atomic E-state index is 13.0. The normalized spacial score (nSPS) is 11.9. The molecule has 2 aromatic carbocycles. The zero-order valence-electron chi connectivity index (χ0n) is 19.6. The van der Waals surface area contributed by atoms with E-state index >= 15 is 0 Å². The molecule has 0 spiro atoms. The maximum atomic E-state index is 13.0. The number of aromatic nitrogens is 6. The highest BCUT2D eigenvalue weighted by Gasteiger charge is 2.26. The first-order chi connectivity index (χ1) is 17.5. The molecule has 0 fully saturated rings. The Morgan fingerprint density at radius 2 is 1.65 bits per heavy atom. The molecule has 11 heteroatoms. The Labute approximate surface area is 216 Å². The van der Waals surface area contributed by atoms with Gasteiger partial charge in [0.25, 0.3) is 0 Å². The number of nitrogen functional groups attached to an aromatic ring is 2. The van der Waals surface area contributed by atoms with Crippen LogP contribution in [0.2, 0.25) is 0 Å². The van der Waals surface area contributed by atoms with E-state index in [1.54, 1.807) is 23.0 Å². The van der Waals surface area contributed by atoms with Crippen LogP contribution in [0.5, 0.6) is 0 Å². The largest absolute Gasteiger partial charge is 0.424 e. The van der Waals surface area contributed by atoms with Crippen LogP contribution >= 0.6 is 12.4 Å². The fourth-order valence-corrected chi connectivity index (χ4v) is 4.48. The molecule has 0 aliphatic heterocycles. The number of rotatable bonds is 4. The lowest BCUT2D eigenvalue weighted by Gasteiger charge is -2.18. The number of halogens is 1. The van der Waals surface area contributed by atoms with Gasteiger partial charge in [-0.1, -0.05) is 48.5 Å². The van der Waals surface area contributed by atoms with Crippen molar-refractivity contribution in [2.24, 2.45) is 0 Å². The summed E-state index contributed by atoms with van der Waals surface area (Å²) >= 11 is 0. The number of nitrogens with zero attached hydrogens (tertiary/aromatic N) is 6. The van der Waals surface area contributed by atoms with Gasteiger partial charge in [-0.05, 0) is 24.6 Å². The van der Waals surface area contributed by atoms with Gasteiger partial charge in [0.15, 0.2) is 5.65 Å². The van der Waals surface area contributed by atoms with Gasteiger partial charge < -0.3 is 15.9 Å². The van der Waals surface area contributed by atoms with Gasteiger partial charge in [-0.15, -0.1) is 12.4 Å². The Morgan fingerprint density at radius 3 is 2.41 bits per heavy atom. The van der Waals surface area contributed by atoms with Crippen LogP contribution in [-0.2, 0) is 0 Å². The van der Waals surface area contributed by atoms with Gasteiger partial charge in [-0.25, -0.2) is 29.4 Å². The molecule has 4 N–H and O–H groups in total. The second-order valence-corrected chi connectivity index (χ2v) is 8.27. The second kappa shape index (κ2) is 9.32. The highest BCUT2D eigenvalue weighted by atomic mass is 35.5. The van der Waals surface area contributed by atoms with Crippen molar-refractivity contribution in [3.8, 4) is 22.5 Å². The van der Waals surface area contributed by atoms with E-state index < -0.39 is 11.7 Å². The lowest BCUT2D eigenvalue weighted by molar-refractivity contribution is 0.405. The molecule has 10 nitrogen and oxygen atoms in total. The van der Waals surface area contributed by atoms with Crippen molar-refractivity contribution < 1.29 is 4.42 Å². The number of benzene rings is 2. The summed E-state index contributed by atoms with van der Waals surface area (Å²) < 4.78 is 7.64. The Kier molecular flexibility index (Phi) is 6.02. The first-order valence-electron chi connectivity index (χ1n) is 11.2. The Hall–Kier alpha value is -4.83. The minimum Gasteiger partial charge on any atom is -0.424 e. The van der Waals surface area contributed by atoms with E-state index in [0.29, 0.717) is 33.6 Å². The second-order valence-electron chi connectivity index (χ2n) is 8.27. The molecule has 6 aromatic rings. The fourth-order valence-electron chi connectivity index (χ4n) is 4.48. The standard InChI is InChI=1S/C26H20N8O2.ClH/c1-14(22-19(15-7-3-2-4-8-15)16-9-5-6-10-17(16)25(35)36-22)34-24-20(23(27)30-13-31-24)21(33-34)18-11-12-29-26(28)32-18;/h2-14H,1H3,(H2,27,30,31)(H2,28,29,32);1H. The monoisotopic (exact) mass is 512 g/mol. The SMILES string of the molecule is CC(c1oc(=O)c2ccccc2c1-c1ccccc1)n1nc(-c2ccnc(N)n2)c2c(N)ncnc21.Cl. The van der Waals surface area contributed by atoms with Crippen LogP contribution in [0.4, 0.5) is 11.8 Å². The third-order valence-corrected chi connectivity index (χ3v) is 6.11. The summed E-state index contributed by atoms with van der Waals surface area (Å²) in [7, 11) is 0. The van der Waals surface area contributed by atoms with Gasteiger partial charge >= 0.3 is 5.63 Å². The highest BCUT2D eigenvalue weighted by molar-refractivity contribution is 5.99. The molecule has 4 aromatic heterocycles.